The zero-order chi connectivity index (χ0) is 26.3. The molecule has 14 heteroatoms. The quantitative estimate of drug-likeness (QED) is 0.540. The highest BCUT2D eigenvalue weighted by Crippen LogP contribution is 2.28. The third kappa shape index (κ3) is 8.70. The van der Waals surface area contributed by atoms with E-state index in [0.717, 1.165) is 37.7 Å². The van der Waals surface area contributed by atoms with E-state index in [1.165, 1.54) is 8.61 Å². The van der Waals surface area contributed by atoms with Crippen molar-refractivity contribution in [2.45, 2.75) is 56.1 Å². The molecular weight excluding hydrogens is 511 g/mol. The van der Waals surface area contributed by atoms with Crippen molar-refractivity contribution in [3.8, 4) is 0 Å². The summed E-state index contributed by atoms with van der Waals surface area (Å²) in [6.45, 7) is 4.07. The van der Waals surface area contributed by atoms with Crippen LogP contribution in [-0.2, 0) is 24.8 Å². The number of carboxylic acids is 1. The van der Waals surface area contributed by atoms with Gasteiger partial charge in [-0.05, 0) is 31.9 Å². The van der Waals surface area contributed by atoms with E-state index in [1.807, 2.05) is 6.92 Å². The average Bonchev–Trinajstić information content (AvgIpc) is 2.80. The minimum Gasteiger partial charge on any atom is -0.475 e. The van der Waals surface area contributed by atoms with E-state index in [2.05, 4.69) is 5.32 Å². The Morgan fingerprint density at radius 1 is 1.06 bits per heavy atom. The fraction of sp³-hybridized carbons (Fsp3) is 0.667. The summed E-state index contributed by atoms with van der Waals surface area (Å²) in [4.78, 5) is 9.13. The number of hydrogen-bond donors (Lipinski definition) is 2. The number of halogens is 3. The number of piperazine rings is 1. The molecule has 2 aliphatic rings. The first-order valence-corrected chi connectivity index (χ1v) is 14.4. The fourth-order valence-electron chi connectivity index (χ4n) is 3.97. The first-order valence-electron chi connectivity index (χ1n) is 11.3. The van der Waals surface area contributed by atoms with E-state index in [0.29, 0.717) is 26.2 Å². The molecule has 1 aliphatic heterocycles. The zero-order valence-corrected chi connectivity index (χ0v) is 21.1. The Hall–Kier alpha value is -1.74. The number of carbonyl (C=O) groups is 1. The molecule has 1 aromatic carbocycles. The summed E-state index contributed by atoms with van der Waals surface area (Å²) in [6.07, 6.45) is -0.435. The van der Waals surface area contributed by atoms with Crippen LogP contribution in [0.1, 0.15) is 37.7 Å². The van der Waals surface area contributed by atoms with Crippen LogP contribution in [0, 0.1) is 6.92 Å². The highest BCUT2D eigenvalue weighted by Gasteiger charge is 2.38. The summed E-state index contributed by atoms with van der Waals surface area (Å²) in [5.74, 6) is -2.93. The van der Waals surface area contributed by atoms with Crippen molar-refractivity contribution in [2.24, 2.45) is 0 Å². The van der Waals surface area contributed by atoms with Crippen molar-refractivity contribution in [1.29, 1.82) is 0 Å². The number of aryl methyl sites for hydroxylation is 1. The molecule has 0 amide bonds. The highest BCUT2D eigenvalue weighted by molar-refractivity contribution is 7.90. The summed E-state index contributed by atoms with van der Waals surface area (Å²) < 4.78 is 86.9. The lowest BCUT2D eigenvalue weighted by Crippen LogP contribution is -2.49. The molecule has 200 valence electrons. The minimum absolute atomic E-state index is 0.00708. The molecule has 9 nitrogen and oxygen atoms in total. The van der Waals surface area contributed by atoms with Crippen LogP contribution in [0.15, 0.2) is 29.2 Å². The highest BCUT2D eigenvalue weighted by atomic mass is 32.2. The number of aliphatic carboxylic acids is 1. The van der Waals surface area contributed by atoms with E-state index < -0.39 is 32.2 Å². The van der Waals surface area contributed by atoms with Gasteiger partial charge < -0.3 is 10.4 Å². The van der Waals surface area contributed by atoms with Gasteiger partial charge in [-0.2, -0.15) is 21.8 Å². The van der Waals surface area contributed by atoms with Crippen molar-refractivity contribution >= 4 is 26.0 Å². The average molecular weight is 544 g/mol. The van der Waals surface area contributed by atoms with E-state index in [1.54, 1.807) is 24.3 Å². The number of nitrogens with zero attached hydrogens (tertiary/aromatic N) is 2. The molecule has 0 aromatic heterocycles. The van der Waals surface area contributed by atoms with Crippen LogP contribution in [0.2, 0.25) is 0 Å². The summed E-state index contributed by atoms with van der Waals surface area (Å²) in [7, 11) is -7.21. The van der Waals surface area contributed by atoms with Crippen LogP contribution in [0.3, 0.4) is 0 Å². The van der Waals surface area contributed by atoms with Crippen molar-refractivity contribution in [3.05, 3.63) is 29.8 Å². The molecule has 35 heavy (non-hydrogen) atoms. The van der Waals surface area contributed by atoms with Gasteiger partial charge >= 0.3 is 12.1 Å². The number of sulfonamides is 2. The van der Waals surface area contributed by atoms with E-state index in [-0.39, 0.29) is 23.2 Å². The van der Waals surface area contributed by atoms with Crippen LogP contribution in [-0.4, -0.2) is 87.2 Å². The molecule has 1 saturated carbocycles. The lowest BCUT2D eigenvalue weighted by Gasteiger charge is -2.34. The summed E-state index contributed by atoms with van der Waals surface area (Å²) in [5, 5.41) is 10.3. The molecule has 0 spiro atoms. The molecule has 2 fully saturated rings. The van der Waals surface area contributed by atoms with Gasteiger partial charge in [0.15, 0.2) is 0 Å². The molecule has 1 aromatic rings. The lowest BCUT2D eigenvalue weighted by atomic mass is 9.95. The molecule has 0 bridgehead atoms. The van der Waals surface area contributed by atoms with Crippen molar-refractivity contribution in [1.82, 2.24) is 13.9 Å². The molecule has 1 saturated heterocycles. The predicted molar refractivity (Wildman–Crippen MR) is 124 cm³/mol. The van der Waals surface area contributed by atoms with Crippen LogP contribution in [0.4, 0.5) is 13.2 Å². The molecule has 0 unspecified atom stereocenters. The second kappa shape index (κ2) is 12.5. The molecule has 3 rings (SSSR count). The topological polar surface area (TPSA) is 124 Å². The van der Waals surface area contributed by atoms with Gasteiger partial charge in [-0.15, -0.1) is 0 Å². The normalized spacial score (nSPS) is 18.7. The fourth-order valence-corrected chi connectivity index (χ4v) is 7.20. The van der Waals surface area contributed by atoms with Gasteiger partial charge in [0, 0.05) is 38.8 Å². The number of alkyl halides is 3. The smallest absolute Gasteiger partial charge is 0.475 e. The number of carboxylic acid groups (broad SMARTS) is 1. The molecule has 1 aliphatic carbocycles. The van der Waals surface area contributed by atoms with Gasteiger partial charge in [0.1, 0.15) is 0 Å². The van der Waals surface area contributed by atoms with Crippen LogP contribution < -0.4 is 5.32 Å². The number of benzene rings is 1. The van der Waals surface area contributed by atoms with Crippen molar-refractivity contribution in [2.75, 3.05) is 38.5 Å². The van der Waals surface area contributed by atoms with Gasteiger partial charge in [0.25, 0.3) is 0 Å². The molecule has 1 heterocycles. The Balaban J connectivity index is 0.000000540. The Labute approximate surface area is 204 Å². The van der Waals surface area contributed by atoms with Crippen LogP contribution in [0.25, 0.3) is 0 Å². The Morgan fingerprint density at radius 2 is 1.57 bits per heavy atom. The Bertz CT molecular complexity index is 1040. The van der Waals surface area contributed by atoms with E-state index in [4.69, 9.17) is 9.90 Å². The first-order chi connectivity index (χ1) is 16.2. The third-order valence-corrected chi connectivity index (χ3v) is 9.71. The summed E-state index contributed by atoms with van der Waals surface area (Å²) >= 11 is 0. The maximum absolute atomic E-state index is 13.3. The van der Waals surface area contributed by atoms with Gasteiger partial charge in [0.05, 0.1) is 10.6 Å². The largest absolute Gasteiger partial charge is 0.490 e. The molecule has 0 radical (unpaired) electrons. The van der Waals surface area contributed by atoms with Gasteiger partial charge in [-0.1, -0.05) is 37.0 Å². The molecule has 0 atom stereocenters. The third-order valence-electron chi connectivity index (χ3n) is 5.89. The summed E-state index contributed by atoms with van der Waals surface area (Å²) in [5.41, 5.74) is 0.990. The molecular formula is C21H32F3N3O6S2. The standard InChI is InChI=1S/C19H31N3O4S2.C2HF3O2/c1-17-7-9-19(10-8-17)28(25,26)22(18-5-3-2-4-6-18)15-16-27(23,24)21-13-11-20-12-14-21;3-2(4,5)1(6)7/h7-10,18,20H,2-6,11-16H2,1H3;(H,6,7). The van der Waals surface area contributed by atoms with E-state index in [9.17, 15) is 30.0 Å². The zero-order valence-electron chi connectivity index (χ0n) is 19.5. The number of rotatable bonds is 7. The second-order valence-corrected chi connectivity index (χ2v) is 12.5. The summed E-state index contributed by atoms with van der Waals surface area (Å²) in [6, 6.07) is 6.67. The second-order valence-electron chi connectivity index (χ2n) is 8.49. The maximum Gasteiger partial charge on any atom is 0.490 e. The lowest BCUT2D eigenvalue weighted by molar-refractivity contribution is -0.192. The molecule has 2 N–H and O–H groups in total. The van der Waals surface area contributed by atoms with Crippen molar-refractivity contribution in [3.63, 3.8) is 0 Å². The number of nitrogens with one attached hydrogen (secondary N) is 1. The monoisotopic (exact) mass is 543 g/mol. The van der Waals surface area contributed by atoms with E-state index >= 15 is 0 Å². The first kappa shape index (κ1) is 29.5. The maximum atomic E-state index is 13.3. The van der Waals surface area contributed by atoms with Crippen LogP contribution in [0.5, 0.6) is 0 Å². The number of hydrogen-bond acceptors (Lipinski definition) is 6. The Morgan fingerprint density at radius 3 is 2.06 bits per heavy atom. The predicted octanol–water partition coefficient (Wildman–Crippen LogP) is 2.19. The van der Waals surface area contributed by atoms with Crippen molar-refractivity contribution < 1.29 is 39.9 Å². The minimum atomic E-state index is -5.08. The van der Waals surface area contributed by atoms with Gasteiger partial charge in [-0.25, -0.2) is 21.6 Å². The Kier molecular flexibility index (Phi) is 10.5. The van der Waals surface area contributed by atoms with Gasteiger partial charge in [-0.3, -0.25) is 0 Å². The van der Waals surface area contributed by atoms with Gasteiger partial charge in [0.2, 0.25) is 20.0 Å². The SMILES string of the molecule is Cc1ccc(S(=O)(=O)N(CCS(=O)(=O)N2CCNCC2)C2CCCCC2)cc1.O=C(O)C(F)(F)F. The van der Waals surface area contributed by atoms with Crippen LogP contribution >= 0.6 is 0 Å².